The van der Waals surface area contributed by atoms with Gasteiger partial charge in [0.2, 0.25) is 0 Å². The van der Waals surface area contributed by atoms with E-state index in [0.29, 0.717) is 28.4 Å². The standard InChI is InChI=1S/C22H25ClN4O4/c1-4-15(3)25-21(29)22(30)27-24-12-16-7-5-6-8-19(16)31-13-20(28)26-18-11-17(23)10-9-14(18)2/h5-12,15H,4,13H2,1-3H3,(H,25,29)(H,26,28)(H,27,30)/b24-12-/t15-/m0/s1. The molecule has 0 aliphatic carbocycles. The lowest BCUT2D eigenvalue weighted by molar-refractivity contribution is -0.139. The summed E-state index contributed by atoms with van der Waals surface area (Å²) in [7, 11) is 0. The molecule has 0 aromatic heterocycles. The largest absolute Gasteiger partial charge is 0.483 e. The monoisotopic (exact) mass is 444 g/mol. The third kappa shape index (κ3) is 7.75. The van der Waals surface area contributed by atoms with Gasteiger partial charge in [0.05, 0.1) is 6.21 Å². The van der Waals surface area contributed by atoms with Gasteiger partial charge >= 0.3 is 11.8 Å². The number of para-hydroxylation sites is 1. The molecule has 2 aromatic rings. The van der Waals surface area contributed by atoms with Crippen molar-refractivity contribution in [3.63, 3.8) is 0 Å². The zero-order chi connectivity index (χ0) is 22.8. The first-order valence-electron chi connectivity index (χ1n) is 9.71. The second-order valence-electron chi connectivity index (χ2n) is 6.82. The van der Waals surface area contributed by atoms with Gasteiger partial charge in [0, 0.05) is 22.3 Å². The van der Waals surface area contributed by atoms with E-state index in [9.17, 15) is 14.4 Å². The fourth-order valence-corrected chi connectivity index (χ4v) is 2.55. The molecule has 164 valence electrons. The number of nitrogens with zero attached hydrogens (tertiary/aromatic N) is 1. The van der Waals surface area contributed by atoms with Gasteiger partial charge in [-0.25, -0.2) is 5.43 Å². The van der Waals surface area contributed by atoms with Crippen molar-refractivity contribution < 1.29 is 19.1 Å². The summed E-state index contributed by atoms with van der Waals surface area (Å²) in [6, 6.07) is 12.0. The summed E-state index contributed by atoms with van der Waals surface area (Å²) in [5, 5.41) is 9.60. The molecule has 0 bridgehead atoms. The average molecular weight is 445 g/mol. The summed E-state index contributed by atoms with van der Waals surface area (Å²) < 4.78 is 5.59. The van der Waals surface area contributed by atoms with Gasteiger partial charge in [-0.05, 0) is 50.1 Å². The molecule has 0 radical (unpaired) electrons. The Kier molecular flexibility index (Phi) is 9.02. The number of hydrogen-bond acceptors (Lipinski definition) is 5. The highest BCUT2D eigenvalue weighted by Crippen LogP contribution is 2.20. The van der Waals surface area contributed by atoms with Gasteiger partial charge < -0.3 is 15.4 Å². The predicted molar refractivity (Wildman–Crippen MR) is 120 cm³/mol. The van der Waals surface area contributed by atoms with Crippen molar-refractivity contribution in [2.24, 2.45) is 5.10 Å². The van der Waals surface area contributed by atoms with E-state index < -0.39 is 11.8 Å². The fraction of sp³-hybridized carbons (Fsp3) is 0.273. The van der Waals surface area contributed by atoms with Crippen LogP contribution in [0.15, 0.2) is 47.6 Å². The lowest BCUT2D eigenvalue weighted by atomic mass is 10.2. The Morgan fingerprint density at radius 3 is 2.65 bits per heavy atom. The normalized spacial score (nSPS) is 11.6. The van der Waals surface area contributed by atoms with E-state index in [1.165, 1.54) is 6.21 Å². The number of nitrogens with one attached hydrogen (secondary N) is 3. The maximum atomic E-state index is 12.2. The van der Waals surface area contributed by atoms with E-state index in [-0.39, 0.29) is 18.6 Å². The van der Waals surface area contributed by atoms with Gasteiger partial charge in [0.15, 0.2) is 6.61 Å². The Labute approximate surface area is 186 Å². The molecular weight excluding hydrogens is 420 g/mol. The molecule has 9 heteroatoms. The molecular formula is C22H25ClN4O4. The number of rotatable bonds is 8. The summed E-state index contributed by atoms with van der Waals surface area (Å²) in [6.07, 6.45) is 2.04. The minimum Gasteiger partial charge on any atom is -0.483 e. The van der Waals surface area contributed by atoms with E-state index in [1.54, 1.807) is 43.3 Å². The number of amides is 3. The molecule has 8 nitrogen and oxygen atoms in total. The summed E-state index contributed by atoms with van der Waals surface area (Å²) in [5.41, 5.74) is 4.17. The van der Waals surface area contributed by atoms with Crippen molar-refractivity contribution in [1.82, 2.24) is 10.7 Å². The van der Waals surface area contributed by atoms with Crippen molar-refractivity contribution in [3.8, 4) is 5.75 Å². The SMILES string of the molecule is CC[C@H](C)NC(=O)C(=O)N/N=C\c1ccccc1OCC(=O)Nc1cc(Cl)ccc1C. The minimum absolute atomic E-state index is 0.113. The molecule has 0 heterocycles. The topological polar surface area (TPSA) is 109 Å². The van der Waals surface area contributed by atoms with Gasteiger partial charge in [-0.1, -0.05) is 36.7 Å². The number of carbonyl (C=O) groups is 3. The van der Waals surface area contributed by atoms with Crippen molar-refractivity contribution >= 4 is 41.2 Å². The van der Waals surface area contributed by atoms with Crippen molar-refractivity contribution in [2.45, 2.75) is 33.2 Å². The van der Waals surface area contributed by atoms with Crippen LogP contribution in [0.1, 0.15) is 31.4 Å². The minimum atomic E-state index is -0.869. The Morgan fingerprint density at radius 2 is 1.90 bits per heavy atom. The highest BCUT2D eigenvalue weighted by Gasteiger charge is 2.14. The lowest BCUT2D eigenvalue weighted by Gasteiger charge is -2.11. The number of halogens is 1. The van der Waals surface area contributed by atoms with Gasteiger partial charge in [-0.3, -0.25) is 14.4 Å². The maximum Gasteiger partial charge on any atom is 0.329 e. The van der Waals surface area contributed by atoms with E-state index in [0.717, 1.165) is 5.56 Å². The summed E-state index contributed by atoms with van der Waals surface area (Å²) in [4.78, 5) is 35.7. The second kappa shape index (κ2) is 11.7. The van der Waals surface area contributed by atoms with Gasteiger partial charge in [-0.15, -0.1) is 0 Å². The number of benzene rings is 2. The number of carbonyl (C=O) groups excluding carboxylic acids is 3. The highest BCUT2D eigenvalue weighted by molar-refractivity contribution is 6.35. The number of ether oxygens (including phenoxy) is 1. The summed E-state index contributed by atoms with van der Waals surface area (Å²) in [6.45, 7) is 5.32. The maximum absolute atomic E-state index is 12.2. The molecule has 0 saturated carbocycles. The molecule has 0 spiro atoms. The third-order valence-electron chi connectivity index (χ3n) is 4.32. The van der Waals surface area contributed by atoms with Crippen molar-refractivity contribution in [3.05, 3.63) is 58.6 Å². The summed E-state index contributed by atoms with van der Waals surface area (Å²) >= 11 is 5.96. The molecule has 2 rings (SSSR count). The van der Waals surface area contributed by atoms with Crippen LogP contribution in [0.25, 0.3) is 0 Å². The zero-order valence-corrected chi connectivity index (χ0v) is 18.3. The number of hydrogen-bond donors (Lipinski definition) is 3. The van der Waals surface area contributed by atoms with E-state index in [1.807, 2.05) is 19.9 Å². The molecule has 3 N–H and O–H groups in total. The van der Waals surface area contributed by atoms with Crippen LogP contribution in [0, 0.1) is 6.92 Å². The number of hydrazone groups is 1. The first-order chi connectivity index (χ1) is 14.8. The molecule has 0 aliphatic heterocycles. The third-order valence-corrected chi connectivity index (χ3v) is 4.55. The fourth-order valence-electron chi connectivity index (χ4n) is 2.38. The van der Waals surface area contributed by atoms with E-state index in [4.69, 9.17) is 16.3 Å². The Balaban J connectivity index is 1.93. The van der Waals surface area contributed by atoms with Crippen LogP contribution in [-0.2, 0) is 14.4 Å². The quantitative estimate of drug-likeness (QED) is 0.330. The average Bonchev–Trinajstić information content (AvgIpc) is 2.75. The van der Waals surface area contributed by atoms with Crippen LogP contribution >= 0.6 is 11.6 Å². The zero-order valence-electron chi connectivity index (χ0n) is 17.6. The molecule has 0 aliphatic rings. The Bertz CT molecular complexity index is 978. The first kappa shape index (κ1) is 23.9. The molecule has 0 fully saturated rings. The Hall–Kier alpha value is -3.39. The molecule has 2 aromatic carbocycles. The molecule has 3 amide bonds. The van der Waals surface area contributed by atoms with Crippen LogP contribution in [-0.4, -0.2) is 36.6 Å². The van der Waals surface area contributed by atoms with Gasteiger partial charge in [-0.2, -0.15) is 5.10 Å². The highest BCUT2D eigenvalue weighted by atomic mass is 35.5. The van der Waals surface area contributed by atoms with Crippen molar-refractivity contribution in [1.29, 1.82) is 0 Å². The van der Waals surface area contributed by atoms with Gasteiger partial charge in [0.25, 0.3) is 5.91 Å². The van der Waals surface area contributed by atoms with Crippen LogP contribution in [0.4, 0.5) is 5.69 Å². The first-order valence-corrected chi connectivity index (χ1v) is 10.1. The summed E-state index contributed by atoms with van der Waals surface area (Å²) in [5.74, 6) is -1.59. The number of anilines is 1. The Morgan fingerprint density at radius 1 is 1.16 bits per heavy atom. The predicted octanol–water partition coefficient (Wildman–Crippen LogP) is 3.03. The van der Waals surface area contributed by atoms with Gasteiger partial charge in [0.1, 0.15) is 5.75 Å². The molecule has 0 unspecified atom stereocenters. The lowest BCUT2D eigenvalue weighted by Crippen LogP contribution is -2.41. The smallest absolute Gasteiger partial charge is 0.329 e. The molecule has 0 saturated heterocycles. The van der Waals surface area contributed by atoms with Crippen LogP contribution in [0.2, 0.25) is 5.02 Å². The second-order valence-corrected chi connectivity index (χ2v) is 7.25. The van der Waals surface area contributed by atoms with E-state index >= 15 is 0 Å². The van der Waals surface area contributed by atoms with Crippen LogP contribution in [0.3, 0.4) is 0 Å². The number of aryl methyl sites for hydroxylation is 1. The molecule has 31 heavy (non-hydrogen) atoms. The van der Waals surface area contributed by atoms with Crippen molar-refractivity contribution in [2.75, 3.05) is 11.9 Å². The van der Waals surface area contributed by atoms with E-state index in [2.05, 4.69) is 21.2 Å². The molecule has 1 atom stereocenters. The van der Waals surface area contributed by atoms with Crippen LogP contribution in [0.5, 0.6) is 5.75 Å². The van der Waals surface area contributed by atoms with Crippen LogP contribution < -0.4 is 20.8 Å².